The van der Waals surface area contributed by atoms with Crippen molar-refractivity contribution in [3.63, 3.8) is 0 Å². The fourth-order valence-electron chi connectivity index (χ4n) is 5.17. The summed E-state index contributed by atoms with van der Waals surface area (Å²) in [6.07, 6.45) is -3.48. The van der Waals surface area contributed by atoms with E-state index in [1.807, 2.05) is 23.3 Å². The van der Waals surface area contributed by atoms with Crippen LogP contribution in [0, 0.1) is 29.6 Å². The van der Waals surface area contributed by atoms with E-state index >= 15 is 0 Å². The highest BCUT2D eigenvalue weighted by molar-refractivity contribution is 7.12. The molecule has 6 nitrogen and oxygen atoms in total. The number of amides is 2. The van der Waals surface area contributed by atoms with Gasteiger partial charge in [-0.25, -0.2) is 0 Å². The Morgan fingerprint density at radius 3 is 2.50 bits per heavy atom. The maximum atomic E-state index is 13.4. The number of nitriles is 1. The standard InChI is InChI=1S/C24H25F3N4O2S/c1-15-5-10-34-20(15)22(33)31-13-19(21(32)29-2)23(14-31)6-8-30(9-7-23)17-4-3-16(12-28)18(11-17)24(25,26)27/h3-5,10-11,19H,6-9,13-14H2,1-2H3,(H,29,32). The Morgan fingerprint density at radius 2 is 1.94 bits per heavy atom. The number of piperidine rings is 1. The summed E-state index contributed by atoms with van der Waals surface area (Å²) in [7, 11) is 1.58. The molecule has 2 aliphatic heterocycles. The first-order valence-corrected chi connectivity index (χ1v) is 11.9. The molecule has 0 saturated carbocycles. The monoisotopic (exact) mass is 490 g/mol. The van der Waals surface area contributed by atoms with Crippen LogP contribution < -0.4 is 10.2 Å². The number of carbonyl (C=O) groups excluding carboxylic acids is 2. The van der Waals surface area contributed by atoms with Gasteiger partial charge in [-0.1, -0.05) is 0 Å². The van der Waals surface area contributed by atoms with Crippen molar-refractivity contribution in [2.45, 2.75) is 25.9 Å². The van der Waals surface area contributed by atoms with Crippen LogP contribution in [-0.2, 0) is 11.0 Å². The quantitative estimate of drug-likeness (QED) is 0.704. The molecule has 10 heteroatoms. The molecular weight excluding hydrogens is 465 g/mol. The molecule has 1 N–H and O–H groups in total. The molecule has 1 aromatic heterocycles. The van der Waals surface area contributed by atoms with Gasteiger partial charge in [-0.3, -0.25) is 9.59 Å². The van der Waals surface area contributed by atoms with Gasteiger partial charge >= 0.3 is 6.18 Å². The first-order chi connectivity index (χ1) is 16.1. The van der Waals surface area contributed by atoms with Gasteiger partial charge in [0.05, 0.1) is 28.0 Å². The molecule has 1 atom stereocenters. The zero-order valence-corrected chi connectivity index (χ0v) is 19.7. The summed E-state index contributed by atoms with van der Waals surface area (Å²) < 4.78 is 40.2. The predicted molar refractivity (Wildman–Crippen MR) is 123 cm³/mol. The molecule has 0 radical (unpaired) electrons. The van der Waals surface area contributed by atoms with Crippen LogP contribution >= 0.6 is 11.3 Å². The molecule has 180 valence electrons. The van der Waals surface area contributed by atoms with Gasteiger partial charge in [0.1, 0.15) is 0 Å². The van der Waals surface area contributed by atoms with Crippen LogP contribution in [0.1, 0.15) is 39.2 Å². The number of alkyl halides is 3. The van der Waals surface area contributed by atoms with E-state index in [0.29, 0.717) is 49.6 Å². The number of halogens is 3. The molecule has 2 fully saturated rings. The number of rotatable bonds is 3. The second kappa shape index (κ2) is 8.95. The van der Waals surface area contributed by atoms with Gasteiger partial charge in [-0.2, -0.15) is 18.4 Å². The highest BCUT2D eigenvalue weighted by atomic mass is 32.1. The van der Waals surface area contributed by atoms with Crippen molar-refractivity contribution in [2.75, 3.05) is 38.1 Å². The maximum absolute atomic E-state index is 13.4. The van der Waals surface area contributed by atoms with Crippen LogP contribution in [0.25, 0.3) is 0 Å². The Morgan fingerprint density at radius 1 is 1.24 bits per heavy atom. The number of benzene rings is 1. The van der Waals surface area contributed by atoms with Crippen LogP contribution in [0.4, 0.5) is 18.9 Å². The van der Waals surface area contributed by atoms with E-state index in [4.69, 9.17) is 5.26 Å². The van der Waals surface area contributed by atoms with Crippen molar-refractivity contribution < 1.29 is 22.8 Å². The number of anilines is 1. The molecule has 4 rings (SSSR count). The summed E-state index contributed by atoms with van der Waals surface area (Å²) in [5.74, 6) is -0.581. The largest absolute Gasteiger partial charge is 0.417 e. The summed E-state index contributed by atoms with van der Waals surface area (Å²) in [4.78, 5) is 30.2. The number of carbonyl (C=O) groups is 2. The lowest BCUT2D eigenvalue weighted by Crippen LogP contribution is -2.48. The van der Waals surface area contributed by atoms with E-state index in [1.54, 1.807) is 18.0 Å². The average Bonchev–Trinajstić information content (AvgIpc) is 3.41. The lowest BCUT2D eigenvalue weighted by molar-refractivity contribution is -0.137. The molecule has 2 aromatic rings. The van der Waals surface area contributed by atoms with Gasteiger partial charge in [0.2, 0.25) is 5.91 Å². The summed E-state index contributed by atoms with van der Waals surface area (Å²) in [6, 6.07) is 7.26. The van der Waals surface area contributed by atoms with Crippen molar-refractivity contribution in [2.24, 2.45) is 11.3 Å². The SMILES string of the molecule is CNC(=O)C1CN(C(=O)c2sccc2C)CC12CCN(c1ccc(C#N)c(C(F)(F)F)c1)CC2. The number of aryl methyl sites for hydroxylation is 1. The van der Waals surface area contributed by atoms with Crippen molar-refractivity contribution in [1.82, 2.24) is 10.2 Å². The molecule has 2 saturated heterocycles. The highest BCUT2D eigenvalue weighted by Crippen LogP contribution is 2.46. The molecule has 3 heterocycles. The third-order valence-electron chi connectivity index (χ3n) is 7.11. The number of nitrogens with zero attached hydrogens (tertiary/aromatic N) is 3. The molecule has 34 heavy (non-hydrogen) atoms. The molecular formula is C24H25F3N4O2S. The zero-order valence-electron chi connectivity index (χ0n) is 18.9. The van der Waals surface area contributed by atoms with Crippen molar-refractivity contribution in [1.29, 1.82) is 5.26 Å². The van der Waals surface area contributed by atoms with E-state index in [1.165, 1.54) is 23.5 Å². The lowest BCUT2D eigenvalue weighted by Gasteiger charge is -2.43. The van der Waals surface area contributed by atoms with Crippen molar-refractivity contribution >= 4 is 28.8 Å². The molecule has 0 bridgehead atoms. The number of hydrogen-bond donors (Lipinski definition) is 1. The van der Waals surface area contributed by atoms with Crippen LogP contribution in [0.3, 0.4) is 0 Å². The maximum Gasteiger partial charge on any atom is 0.417 e. The predicted octanol–water partition coefficient (Wildman–Crippen LogP) is 4.05. The Kier molecular flexibility index (Phi) is 6.34. The zero-order chi connectivity index (χ0) is 24.7. The van der Waals surface area contributed by atoms with Crippen molar-refractivity contribution in [3.05, 3.63) is 51.2 Å². The summed E-state index contributed by atoms with van der Waals surface area (Å²) >= 11 is 1.38. The van der Waals surface area contributed by atoms with Crippen LogP contribution in [0.15, 0.2) is 29.6 Å². The third-order valence-corrected chi connectivity index (χ3v) is 8.11. The first kappa shape index (κ1) is 24.1. The normalized spacial score (nSPS) is 19.8. The summed E-state index contributed by atoms with van der Waals surface area (Å²) in [5.41, 5.74) is -0.476. The van der Waals surface area contributed by atoms with Gasteiger partial charge in [-0.15, -0.1) is 11.3 Å². The average molecular weight is 491 g/mol. The number of likely N-dealkylation sites (tertiary alicyclic amines) is 1. The summed E-state index contributed by atoms with van der Waals surface area (Å²) in [5, 5.41) is 13.6. The van der Waals surface area contributed by atoms with Gasteiger partial charge in [0, 0.05) is 44.3 Å². The van der Waals surface area contributed by atoms with E-state index in [9.17, 15) is 22.8 Å². The number of hydrogen-bond acceptors (Lipinski definition) is 5. The van der Waals surface area contributed by atoms with E-state index < -0.39 is 22.7 Å². The highest BCUT2D eigenvalue weighted by Gasteiger charge is 2.52. The fraction of sp³-hybridized carbons (Fsp3) is 0.458. The van der Waals surface area contributed by atoms with Gasteiger partial charge in [0.15, 0.2) is 0 Å². The van der Waals surface area contributed by atoms with E-state index in [0.717, 1.165) is 11.6 Å². The fourth-order valence-corrected chi connectivity index (χ4v) is 6.06. The molecule has 1 unspecified atom stereocenters. The lowest BCUT2D eigenvalue weighted by atomic mass is 9.70. The molecule has 2 aliphatic rings. The number of nitrogens with one attached hydrogen (secondary N) is 1. The topological polar surface area (TPSA) is 76.4 Å². The van der Waals surface area contributed by atoms with Gasteiger partial charge in [-0.05, 0) is 55.0 Å². The minimum Gasteiger partial charge on any atom is -0.371 e. The third kappa shape index (κ3) is 4.25. The minimum absolute atomic E-state index is 0.0809. The number of thiophene rings is 1. The minimum atomic E-state index is -4.62. The molecule has 1 spiro atoms. The molecule has 0 aliphatic carbocycles. The molecule has 2 amide bonds. The van der Waals surface area contributed by atoms with Crippen molar-refractivity contribution in [3.8, 4) is 6.07 Å². The smallest absolute Gasteiger partial charge is 0.371 e. The Labute approximate surface area is 200 Å². The van der Waals surface area contributed by atoms with E-state index in [-0.39, 0.29) is 17.7 Å². The Bertz CT molecular complexity index is 1150. The van der Waals surface area contributed by atoms with Crippen LogP contribution in [-0.4, -0.2) is 49.9 Å². The Balaban J connectivity index is 1.56. The van der Waals surface area contributed by atoms with Gasteiger partial charge in [0.25, 0.3) is 5.91 Å². The van der Waals surface area contributed by atoms with Gasteiger partial charge < -0.3 is 15.1 Å². The Hall–Kier alpha value is -3.06. The van der Waals surface area contributed by atoms with Crippen LogP contribution in [0.2, 0.25) is 0 Å². The second-order valence-corrected chi connectivity index (χ2v) is 9.89. The van der Waals surface area contributed by atoms with Crippen LogP contribution in [0.5, 0.6) is 0 Å². The summed E-state index contributed by atoms with van der Waals surface area (Å²) in [6.45, 7) is 3.56. The first-order valence-electron chi connectivity index (χ1n) is 11.0. The molecule has 1 aromatic carbocycles. The second-order valence-electron chi connectivity index (χ2n) is 8.97. The van der Waals surface area contributed by atoms with E-state index in [2.05, 4.69) is 5.32 Å².